The molecule has 116 valence electrons. The minimum absolute atomic E-state index is 0.280. The standard InChI is InChI=1S/C11H15FO2.C5H11Cl/c12-11-4-7-1-8(5-11)3-10(2-7,6-11)9(13)14;1-2-3-4-5-6/h7-8H,1-6H2,(H,13,14);2-5H2,1H3. The van der Waals surface area contributed by atoms with E-state index in [1.807, 2.05) is 0 Å². The van der Waals surface area contributed by atoms with Gasteiger partial charge in [-0.3, -0.25) is 4.79 Å². The molecule has 0 aliphatic heterocycles. The molecule has 2 atom stereocenters. The zero-order chi connectivity index (χ0) is 14.8. The van der Waals surface area contributed by atoms with Gasteiger partial charge in [0.2, 0.25) is 0 Å². The zero-order valence-electron chi connectivity index (χ0n) is 12.3. The Balaban J connectivity index is 0.000000212. The fraction of sp³-hybridized carbons (Fsp3) is 0.938. The number of halogens is 2. The number of unbranched alkanes of at least 4 members (excludes halogenated alkanes) is 2. The number of hydrogen-bond donors (Lipinski definition) is 1. The number of hydrogen-bond acceptors (Lipinski definition) is 1. The smallest absolute Gasteiger partial charge is 0.309 e. The third-order valence-corrected chi connectivity index (χ3v) is 5.45. The fourth-order valence-electron chi connectivity index (χ4n) is 4.75. The van der Waals surface area contributed by atoms with Gasteiger partial charge in [-0.05, 0) is 56.8 Å². The summed E-state index contributed by atoms with van der Waals surface area (Å²) < 4.78 is 14.2. The molecule has 4 fully saturated rings. The molecule has 20 heavy (non-hydrogen) atoms. The van der Waals surface area contributed by atoms with Crippen LogP contribution < -0.4 is 0 Å². The summed E-state index contributed by atoms with van der Waals surface area (Å²) in [5.41, 5.74) is -1.83. The van der Waals surface area contributed by atoms with Crippen molar-refractivity contribution in [1.82, 2.24) is 0 Å². The molecule has 4 heteroatoms. The maximum Gasteiger partial charge on any atom is 0.309 e. The Morgan fingerprint density at radius 3 is 2.20 bits per heavy atom. The number of carboxylic acids is 1. The first-order chi connectivity index (χ1) is 9.43. The summed E-state index contributed by atoms with van der Waals surface area (Å²) in [4.78, 5) is 11.2. The van der Waals surface area contributed by atoms with Crippen molar-refractivity contribution in [1.29, 1.82) is 0 Å². The molecular weight excluding hydrogens is 279 g/mol. The number of aliphatic carboxylic acids is 1. The summed E-state index contributed by atoms with van der Waals surface area (Å²) >= 11 is 5.38. The normalized spacial score (nSPS) is 41.1. The second-order valence-electron chi connectivity index (χ2n) is 7.09. The molecule has 0 aromatic heterocycles. The molecule has 2 unspecified atom stereocenters. The number of carbonyl (C=O) groups is 1. The van der Waals surface area contributed by atoms with Gasteiger partial charge in [-0.15, -0.1) is 11.6 Å². The van der Waals surface area contributed by atoms with Crippen molar-refractivity contribution < 1.29 is 14.3 Å². The molecular formula is C16H26ClFO2. The quantitative estimate of drug-likeness (QED) is 0.598. The summed E-state index contributed by atoms with van der Waals surface area (Å²) in [6.07, 6.45) is 7.78. The lowest BCUT2D eigenvalue weighted by Crippen LogP contribution is -2.56. The Morgan fingerprint density at radius 2 is 1.85 bits per heavy atom. The van der Waals surface area contributed by atoms with E-state index in [9.17, 15) is 14.3 Å². The first-order valence-electron chi connectivity index (χ1n) is 7.91. The molecule has 4 aliphatic rings. The fourth-order valence-corrected chi connectivity index (χ4v) is 4.93. The predicted molar refractivity (Wildman–Crippen MR) is 78.8 cm³/mol. The average Bonchev–Trinajstić information content (AvgIpc) is 2.34. The molecule has 0 heterocycles. The zero-order valence-corrected chi connectivity index (χ0v) is 13.1. The van der Waals surface area contributed by atoms with Crippen molar-refractivity contribution in [3.63, 3.8) is 0 Å². The molecule has 0 amide bonds. The van der Waals surface area contributed by atoms with E-state index in [4.69, 9.17) is 11.6 Å². The van der Waals surface area contributed by atoms with E-state index < -0.39 is 17.1 Å². The van der Waals surface area contributed by atoms with Crippen molar-refractivity contribution in [2.45, 2.75) is 70.4 Å². The average molecular weight is 305 g/mol. The SMILES string of the molecule is CCCCCCl.O=C(O)C12CC3CC(CC(F)(C3)C1)C2. The van der Waals surface area contributed by atoms with E-state index in [0.29, 0.717) is 24.7 Å². The maximum atomic E-state index is 14.2. The monoisotopic (exact) mass is 304 g/mol. The van der Waals surface area contributed by atoms with Crippen LogP contribution >= 0.6 is 11.6 Å². The third kappa shape index (κ3) is 3.29. The summed E-state index contributed by atoms with van der Waals surface area (Å²) in [5.74, 6) is 0.761. The van der Waals surface area contributed by atoms with Crippen LogP contribution in [-0.4, -0.2) is 22.6 Å². The summed E-state index contributed by atoms with van der Waals surface area (Å²) in [5, 5.41) is 9.23. The minimum Gasteiger partial charge on any atom is -0.481 e. The van der Waals surface area contributed by atoms with Crippen molar-refractivity contribution in [2.75, 3.05) is 5.88 Å². The van der Waals surface area contributed by atoms with Crippen LogP contribution in [0.2, 0.25) is 0 Å². The molecule has 4 saturated carbocycles. The van der Waals surface area contributed by atoms with Gasteiger partial charge in [0.25, 0.3) is 0 Å². The Bertz CT molecular complexity index is 340. The molecule has 4 rings (SSSR count). The van der Waals surface area contributed by atoms with Gasteiger partial charge >= 0.3 is 5.97 Å². The highest BCUT2D eigenvalue weighted by molar-refractivity contribution is 6.17. The highest BCUT2D eigenvalue weighted by atomic mass is 35.5. The van der Waals surface area contributed by atoms with E-state index in [-0.39, 0.29) is 6.42 Å². The van der Waals surface area contributed by atoms with Crippen LogP contribution in [0, 0.1) is 17.3 Å². The summed E-state index contributed by atoms with van der Waals surface area (Å²) in [7, 11) is 0. The predicted octanol–water partition coefficient (Wildman–Crippen LogP) is 4.79. The molecule has 0 aromatic rings. The lowest BCUT2D eigenvalue weighted by atomic mass is 9.48. The van der Waals surface area contributed by atoms with Crippen LogP contribution in [0.25, 0.3) is 0 Å². The Morgan fingerprint density at radius 1 is 1.25 bits per heavy atom. The summed E-state index contributed by atoms with van der Waals surface area (Å²) in [6, 6.07) is 0. The highest BCUT2D eigenvalue weighted by Crippen LogP contribution is 2.62. The first kappa shape index (κ1) is 16.1. The minimum atomic E-state index is -1.14. The maximum absolute atomic E-state index is 14.2. The largest absolute Gasteiger partial charge is 0.481 e. The van der Waals surface area contributed by atoms with Gasteiger partial charge in [0.15, 0.2) is 0 Å². The number of alkyl halides is 2. The van der Waals surface area contributed by atoms with Gasteiger partial charge in [-0.25, -0.2) is 4.39 Å². The first-order valence-corrected chi connectivity index (χ1v) is 8.45. The van der Waals surface area contributed by atoms with Crippen LogP contribution in [0.3, 0.4) is 0 Å². The van der Waals surface area contributed by atoms with Gasteiger partial charge in [0.05, 0.1) is 5.41 Å². The Hall–Kier alpha value is -0.310. The van der Waals surface area contributed by atoms with Crippen LogP contribution in [-0.2, 0) is 4.79 Å². The second kappa shape index (κ2) is 6.21. The van der Waals surface area contributed by atoms with E-state index in [0.717, 1.165) is 25.1 Å². The Kier molecular flexibility index (Phi) is 4.99. The van der Waals surface area contributed by atoms with Crippen LogP contribution in [0.15, 0.2) is 0 Å². The molecule has 0 saturated heterocycles. The van der Waals surface area contributed by atoms with Crippen molar-refractivity contribution in [3.05, 3.63) is 0 Å². The van der Waals surface area contributed by atoms with Crippen molar-refractivity contribution in [3.8, 4) is 0 Å². The highest BCUT2D eigenvalue weighted by Gasteiger charge is 2.61. The Labute approximate surface area is 126 Å². The van der Waals surface area contributed by atoms with Crippen LogP contribution in [0.4, 0.5) is 4.39 Å². The molecule has 4 aliphatic carbocycles. The molecule has 0 radical (unpaired) electrons. The van der Waals surface area contributed by atoms with Crippen LogP contribution in [0.1, 0.15) is 64.7 Å². The van der Waals surface area contributed by atoms with Crippen LogP contribution in [0.5, 0.6) is 0 Å². The van der Waals surface area contributed by atoms with Crippen molar-refractivity contribution >= 4 is 17.6 Å². The number of rotatable bonds is 4. The molecule has 0 aromatic carbocycles. The van der Waals surface area contributed by atoms with Gasteiger partial charge in [0, 0.05) is 5.88 Å². The molecule has 0 spiro atoms. The van der Waals surface area contributed by atoms with E-state index in [2.05, 4.69) is 6.92 Å². The molecule has 2 nitrogen and oxygen atoms in total. The van der Waals surface area contributed by atoms with Crippen molar-refractivity contribution in [2.24, 2.45) is 17.3 Å². The number of carboxylic acid groups (broad SMARTS) is 1. The summed E-state index contributed by atoms with van der Waals surface area (Å²) in [6.45, 7) is 2.17. The van der Waals surface area contributed by atoms with E-state index >= 15 is 0 Å². The lowest BCUT2D eigenvalue weighted by molar-refractivity contribution is -0.177. The third-order valence-electron chi connectivity index (χ3n) is 5.18. The molecule has 1 N–H and O–H groups in total. The van der Waals surface area contributed by atoms with E-state index in [1.54, 1.807) is 0 Å². The second-order valence-corrected chi connectivity index (χ2v) is 7.47. The topological polar surface area (TPSA) is 37.3 Å². The van der Waals surface area contributed by atoms with Gasteiger partial charge in [-0.2, -0.15) is 0 Å². The van der Waals surface area contributed by atoms with E-state index in [1.165, 1.54) is 19.3 Å². The van der Waals surface area contributed by atoms with Gasteiger partial charge in [0.1, 0.15) is 5.67 Å². The lowest BCUT2D eigenvalue weighted by Gasteiger charge is -2.57. The molecule has 4 bridgehead atoms. The van der Waals surface area contributed by atoms with Gasteiger partial charge < -0.3 is 5.11 Å². The van der Waals surface area contributed by atoms with Gasteiger partial charge in [-0.1, -0.05) is 19.8 Å².